The van der Waals surface area contributed by atoms with E-state index in [0.717, 1.165) is 19.6 Å². The van der Waals surface area contributed by atoms with Crippen molar-refractivity contribution >= 4 is 28.7 Å². The van der Waals surface area contributed by atoms with E-state index < -0.39 is 0 Å². The zero-order valence-electron chi connectivity index (χ0n) is 29.6. The zero-order valence-corrected chi connectivity index (χ0v) is 29.6. The second-order valence-electron chi connectivity index (χ2n) is 13.4. The quantitative estimate of drug-likeness (QED) is 0.0647. The summed E-state index contributed by atoms with van der Waals surface area (Å²) in [6.45, 7) is 10.3. The maximum atomic E-state index is 2.56. The van der Waals surface area contributed by atoms with Crippen LogP contribution in [0.3, 0.4) is 0 Å². The van der Waals surface area contributed by atoms with Crippen LogP contribution in [0.15, 0.2) is 60.8 Å². The molecule has 1 aromatic heterocycles. The fraction of sp³-hybridized carbons (Fsp3) is 0.605. The van der Waals surface area contributed by atoms with Crippen molar-refractivity contribution in [1.29, 1.82) is 0 Å². The Bertz CT molecular complexity index is 1170. The molecule has 0 N–H and O–H groups in total. The van der Waals surface area contributed by atoms with E-state index in [2.05, 4.69) is 103 Å². The van der Waals surface area contributed by atoms with Gasteiger partial charge in [0.25, 0.3) is 0 Å². The fourth-order valence-electron chi connectivity index (χ4n) is 6.53. The molecule has 0 aliphatic heterocycles. The van der Waals surface area contributed by atoms with Crippen molar-refractivity contribution in [1.82, 2.24) is 0 Å². The molecule has 248 valence electrons. The van der Waals surface area contributed by atoms with E-state index in [0.29, 0.717) is 0 Å². The summed E-state index contributed by atoms with van der Waals surface area (Å²) in [7, 11) is 0. The van der Waals surface area contributed by atoms with Crippen LogP contribution < -0.4 is 9.47 Å². The van der Waals surface area contributed by atoms with Crippen molar-refractivity contribution in [2.24, 2.45) is 0 Å². The van der Waals surface area contributed by atoms with Crippen LogP contribution in [0.5, 0.6) is 0 Å². The molecule has 0 atom stereocenters. The highest BCUT2D eigenvalue weighted by molar-refractivity contribution is 5.88. The number of aromatic nitrogens is 1. The zero-order chi connectivity index (χ0) is 31.8. The van der Waals surface area contributed by atoms with E-state index in [1.54, 1.807) is 0 Å². The Hall–Kier alpha value is -2.61. The molecule has 3 rings (SSSR count). The minimum absolute atomic E-state index is 1.11. The summed E-state index contributed by atoms with van der Waals surface area (Å²) in [5, 5.41) is 1.34. The van der Waals surface area contributed by atoms with Gasteiger partial charge in [-0.25, -0.2) is 0 Å². The number of pyridine rings is 1. The highest BCUT2D eigenvalue weighted by Gasteiger charge is 2.11. The fourth-order valence-corrected chi connectivity index (χ4v) is 6.53. The topological polar surface area (TPSA) is 7.12 Å². The van der Waals surface area contributed by atoms with Crippen LogP contribution in [-0.2, 0) is 6.54 Å². The van der Waals surface area contributed by atoms with Crippen molar-refractivity contribution in [2.75, 3.05) is 18.0 Å². The molecule has 2 nitrogen and oxygen atoms in total. The van der Waals surface area contributed by atoms with E-state index in [9.17, 15) is 0 Å². The van der Waals surface area contributed by atoms with Crippen LogP contribution in [0.25, 0.3) is 23.1 Å². The lowest BCUT2D eigenvalue weighted by Crippen LogP contribution is -2.34. The summed E-state index contributed by atoms with van der Waals surface area (Å²) in [6.07, 6.45) is 34.5. The van der Waals surface area contributed by atoms with Crippen LogP contribution >= 0.6 is 0 Å². The first-order valence-corrected chi connectivity index (χ1v) is 19.2. The third-order valence-corrected chi connectivity index (χ3v) is 9.49. The van der Waals surface area contributed by atoms with Crippen LogP contribution in [0, 0.1) is 0 Å². The number of anilines is 1. The highest BCUT2D eigenvalue weighted by Crippen LogP contribution is 2.21. The van der Waals surface area contributed by atoms with E-state index in [-0.39, 0.29) is 0 Å². The number of fused-ring (bicyclic) bond motifs is 1. The van der Waals surface area contributed by atoms with Crippen molar-refractivity contribution in [3.8, 4) is 0 Å². The van der Waals surface area contributed by atoms with Gasteiger partial charge >= 0.3 is 0 Å². The summed E-state index contributed by atoms with van der Waals surface area (Å²) in [5.41, 5.74) is 5.26. The lowest BCUT2D eigenvalue weighted by molar-refractivity contribution is -0.671. The molecule has 1 heterocycles. The summed E-state index contributed by atoms with van der Waals surface area (Å²) < 4.78 is 2.46. The van der Waals surface area contributed by atoms with Gasteiger partial charge in [-0.1, -0.05) is 160 Å². The van der Waals surface area contributed by atoms with Gasteiger partial charge in [-0.3, -0.25) is 0 Å². The molecule has 0 spiro atoms. The van der Waals surface area contributed by atoms with Gasteiger partial charge in [-0.05, 0) is 48.6 Å². The average Bonchev–Trinajstić information content (AvgIpc) is 3.08. The van der Waals surface area contributed by atoms with Crippen LogP contribution in [-0.4, -0.2) is 13.1 Å². The van der Waals surface area contributed by atoms with Crippen molar-refractivity contribution in [2.45, 2.75) is 156 Å². The molecule has 0 saturated carbocycles. The second kappa shape index (κ2) is 23.7. The van der Waals surface area contributed by atoms with Crippen LogP contribution in [0.4, 0.5) is 5.69 Å². The van der Waals surface area contributed by atoms with Gasteiger partial charge in [-0.15, -0.1) is 0 Å². The molecule has 0 fully saturated rings. The Morgan fingerprint density at radius 2 is 1.02 bits per heavy atom. The minimum atomic E-state index is 1.11. The molecule has 0 aliphatic carbocycles. The normalized spacial score (nSPS) is 11.6. The second-order valence-corrected chi connectivity index (χ2v) is 13.4. The maximum absolute atomic E-state index is 2.56. The molecule has 2 heteroatoms. The number of hydrogen-bond acceptors (Lipinski definition) is 1. The molecule has 0 unspecified atom stereocenters. The number of benzene rings is 2. The molecule has 0 aliphatic rings. The first-order chi connectivity index (χ1) is 22.3. The molecular weight excluding hydrogens is 544 g/mol. The Labute approximate surface area is 278 Å². The average molecular weight is 612 g/mol. The summed E-state index contributed by atoms with van der Waals surface area (Å²) >= 11 is 0. The van der Waals surface area contributed by atoms with E-state index in [1.807, 2.05) is 0 Å². The lowest BCUT2D eigenvalue weighted by atomic mass is 10.0. The first kappa shape index (κ1) is 36.9. The molecule has 0 radical (unpaired) electrons. The predicted octanol–water partition coefficient (Wildman–Crippen LogP) is 13.0. The SMILES string of the molecule is CCCCCCCCCCCCCCCCCC[n+]1ccc(/C=C/c2ccc(N(CCCC)CCCC)cc2)c2ccccc21. The Morgan fingerprint density at radius 3 is 1.58 bits per heavy atom. The molecule has 0 bridgehead atoms. The standard InChI is InChI=1S/C43H67N2/c1-4-7-10-11-12-13-14-15-16-17-18-19-20-21-22-25-37-45-38-34-40(42-26-23-24-27-43(42)45)31-28-39-29-32-41(33-30-39)44(35-8-5-2)36-9-6-3/h23-24,26-34,38H,4-22,25,35-37H2,1-3H3/q+1. The van der Waals surface area contributed by atoms with Gasteiger partial charge in [0.05, 0.1) is 5.39 Å². The molecule has 0 saturated heterocycles. The van der Waals surface area contributed by atoms with Crippen molar-refractivity contribution < 1.29 is 4.57 Å². The van der Waals surface area contributed by atoms with Gasteiger partial charge < -0.3 is 4.90 Å². The predicted molar refractivity (Wildman–Crippen MR) is 201 cm³/mol. The van der Waals surface area contributed by atoms with Crippen molar-refractivity contribution in [3.05, 3.63) is 71.9 Å². The Balaban J connectivity index is 1.38. The molecule has 2 aromatic carbocycles. The molecule has 3 aromatic rings. The largest absolute Gasteiger partial charge is 0.372 e. The van der Waals surface area contributed by atoms with Crippen LogP contribution in [0.1, 0.15) is 160 Å². The van der Waals surface area contributed by atoms with E-state index in [4.69, 9.17) is 0 Å². The lowest BCUT2D eigenvalue weighted by Gasteiger charge is -2.24. The van der Waals surface area contributed by atoms with Gasteiger partial charge in [-0.2, -0.15) is 4.57 Å². The number of nitrogens with zero attached hydrogens (tertiary/aromatic N) is 2. The number of aryl methyl sites for hydroxylation is 1. The number of unbranched alkanes of at least 4 members (excludes halogenated alkanes) is 17. The Kier molecular flexibility index (Phi) is 19.4. The minimum Gasteiger partial charge on any atom is -0.372 e. The molecule has 45 heavy (non-hydrogen) atoms. The highest BCUT2D eigenvalue weighted by atomic mass is 15.1. The smallest absolute Gasteiger partial charge is 0.213 e. The van der Waals surface area contributed by atoms with Crippen molar-refractivity contribution in [3.63, 3.8) is 0 Å². The van der Waals surface area contributed by atoms with Gasteiger partial charge in [0, 0.05) is 37.3 Å². The summed E-state index contributed by atoms with van der Waals surface area (Å²) in [6, 6.07) is 20.4. The maximum Gasteiger partial charge on any atom is 0.213 e. The van der Waals surface area contributed by atoms with E-state index in [1.165, 1.54) is 156 Å². The number of rotatable bonds is 26. The third kappa shape index (κ3) is 14.6. The van der Waals surface area contributed by atoms with E-state index >= 15 is 0 Å². The number of para-hydroxylation sites is 1. The van der Waals surface area contributed by atoms with Gasteiger partial charge in [0.15, 0.2) is 6.20 Å². The first-order valence-electron chi connectivity index (χ1n) is 19.2. The summed E-state index contributed by atoms with van der Waals surface area (Å²) in [5.74, 6) is 0. The Morgan fingerprint density at radius 1 is 0.511 bits per heavy atom. The molecular formula is C43H67N2+. The van der Waals surface area contributed by atoms with Crippen LogP contribution in [0.2, 0.25) is 0 Å². The molecule has 0 amide bonds. The van der Waals surface area contributed by atoms with Gasteiger partial charge in [0.1, 0.15) is 6.54 Å². The third-order valence-electron chi connectivity index (χ3n) is 9.49. The summed E-state index contributed by atoms with van der Waals surface area (Å²) in [4.78, 5) is 2.56. The number of hydrogen-bond donors (Lipinski definition) is 0. The monoisotopic (exact) mass is 612 g/mol. The van der Waals surface area contributed by atoms with Gasteiger partial charge in [0.2, 0.25) is 5.52 Å².